The molecule has 3 aromatic rings. The highest BCUT2D eigenvalue weighted by molar-refractivity contribution is 7.98. The van der Waals surface area contributed by atoms with Gasteiger partial charge in [-0.1, -0.05) is 53.7 Å². The fourth-order valence-electron chi connectivity index (χ4n) is 3.30. The van der Waals surface area contributed by atoms with Crippen molar-refractivity contribution >= 4 is 35.1 Å². The van der Waals surface area contributed by atoms with Crippen LogP contribution in [-0.4, -0.2) is 23.0 Å². The minimum atomic E-state index is -0.358. The van der Waals surface area contributed by atoms with Gasteiger partial charge in [0, 0.05) is 23.1 Å². The average molecular weight is 428 g/mol. The lowest BCUT2D eigenvalue weighted by Gasteiger charge is -2.24. The molecule has 1 unspecified atom stereocenters. The molecule has 0 saturated carbocycles. The van der Waals surface area contributed by atoms with E-state index in [1.54, 1.807) is 7.11 Å². The molecule has 0 saturated heterocycles. The zero-order valence-electron chi connectivity index (χ0n) is 15.6. The van der Waals surface area contributed by atoms with Crippen molar-refractivity contribution in [3.05, 3.63) is 80.6 Å². The number of aromatic nitrogens is 2. The third kappa shape index (κ3) is 4.16. The van der Waals surface area contributed by atoms with Crippen LogP contribution < -0.4 is 15.6 Å². The summed E-state index contributed by atoms with van der Waals surface area (Å²) >= 11 is 7.55. The van der Waals surface area contributed by atoms with Crippen molar-refractivity contribution in [2.75, 3.05) is 12.4 Å². The minimum absolute atomic E-state index is 0.168. The minimum Gasteiger partial charge on any atom is -0.497 e. The summed E-state index contributed by atoms with van der Waals surface area (Å²) in [6, 6.07) is 14.9. The van der Waals surface area contributed by atoms with Crippen molar-refractivity contribution in [3.63, 3.8) is 0 Å². The highest BCUT2D eigenvalue weighted by atomic mass is 35.5. The molecule has 2 N–H and O–H groups in total. The van der Waals surface area contributed by atoms with Crippen molar-refractivity contribution in [1.82, 2.24) is 9.97 Å². The highest BCUT2D eigenvalue weighted by Crippen LogP contribution is 2.35. The van der Waals surface area contributed by atoms with Crippen LogP contribution in [0.15, 0.2) is 58.5 Å². The second kappa shape index (κ2) is 8.31. The molecule has 1 aliphatic rings. The number of fused-ring (bicyclic) bond motifs is 1. The summed E-state index contributed by atoms with van der Waals surface area (Å²) in [6.07, 6.45) is 0.191. The largest absolute Gasteiger partial charge is 0.497 e. The van der Waals surface area contributed by atoms with E-state index in [9.17, 15) is 9.59 Å². The van der Waals surface area contributed by atoms with Gasteiger partial charge in [0.25, 0.3) is 5.56 Å². The molecule has 1 aliphatic heterocycles. The molecular weight excluding hydrogens is 410 g/mol. The van der Waals surface area contributed by atoms with Crippen LogP contribution in [0, 0.1) is 0 Å². The fourth-order valence-corrected chi connectivity index (χ4v) is 4.45. The van der Waals surface area contributed by atoms with Gasteiger partial charge in [0.2, 0.25) is 5.91 Å². The van der Waals surface area contributed by atoms with E-state index in [1.807, 2.05) is 48.5 Å². The smallest absolute Gasteiger partial charge is 0.257 e. The molecule has 0 aliphatic carbocycles. The van der Waals surface area contributed by atoms with Crippen LogP contribution in [0.2, 0.25) is 5.02 Å². The van der Waals surface area contributed by atoms with E-state index >= 15 is 0 Å². The number of carbonyl (C=O) groups excluding carboxylic acids is 1. The van der Waals surface area contributed by atoms with Gasteiger partial charge in [0.05, 0.1) is 12.7 Å². The molecule has 0 fully saturated rings. The fraction of sp³-hybridized carbons (Fsp3) is 0.190. The molecule has 4 rings (SSSR count). The first-order valence-electron chi connectivity index (χ1n) is 8.99. The maximum absolute atomic E-state index is 12.9. The molecule has 29 heavy (non-hydrogen) atoms. The standard InChI is InChI=1S/C21H18ClN3O3S/c1-28-14-8-6-12(7-9-14)15-10-17(26)23-19-18(15)20(27)25-21(24-19)29-11-13-4-2-3-5-16(13)22/h2-9,15H,10-11H2,1H3,(H2,23,24,25,26,27). The van der Waals surface area contributed by atoms with Gasteiger partial charge in [-0.3, -0.25) is 9.59 Å². The van der Waals surface area contributed by atoms with Crippen LogP contribution in [0.25, 0.3) is 0 Å². The van der Waals surface area contributed by atoms with Gasteiger partial charge in [-0.05, 0) is 29.3 Å². The number of amides is 1. The van der Waals surface area contributed by atoms with E-state index in [-0.39, 0.29) is 23.8 Å². The normalized spacial score (nSPS) is 15.5. The number of anilines is 1. The molecule has 2 heterocycles. The Labute approximate surface area is 176 Å². The van der Waals surface area contributed by atoms with Gasteiger partial charge in [0.1, 0.15) is 11.6 Å². The van der Waals surface area contributed by atoms with Crippen LogP contribution in [0.5, 0.6) is 5.75 Å². The summed E-state index contributed by atoms with van der Waals surface area (Å²) in [7, 11) is 1.59. The Morgan fingerprint density at radius 2 is 1.93 bits per heavy atom. The number of thioether (sulfide) groups is 1. The number of hydrogen-bond acceptors (Lipinski definition) is 5. The summed E-state index contributed by atoms with van der Waals surface area (Å²) in [6.45, 7) is 0. The maximum atomic E-state index is 12.9. The molecule has 0 bridgehead atoms. The Morgan fingerprint density at radius 3 is 2.66 bits per heavy atom. The van der Waals surface area contributed by atoms with Gasteiger partial charge < -0.3 is 15.0 Å². The molecule has 2 aromatic carbocycles. The van der Waals surface area contributed by atoms with Crippen molar-refractivity contribution in [3.8, 4) is 5.75 Å². The lowest BCUT2D eigenvalue weighted by Crippen LogP contribution is -2.31. The summed E-state index contributed by atoms with van der Waals surface area (Å²) in [4.78, 5) is 32.5. The number of nitrogens with one attached hydrogen (secondary N) is 2. The van der Waals surface area contributed by atoms with Crippen molar-refractivity contribution in [1.29, 1.82) is 0 Å². The van der Waals surface area contributed by atoms with Crippen molar-refractivity contribution in [2.45, 2.75) is 23.2 Å². The lowest BCUT2D eigenvalue weighted by molar-refractivity contribution is -0.116. The van der Waals surface area contributed by atoms with Crippen molar-refractivity contribution < 1.29 is 9.53 Å². The van der Waals surface area contributed by atoms with Gasteiger partial charge in [-0.25, -0.2) is 4.98 Å². The summed E-state index contributed by atoms with van der Waals surface area (Å²) in [5, 5.41) is 3.83. The Hall–Kier alpha value is -2.77. The van der Waals surface area contributed by atoms with Crippen LogP contribution in [-0.2, 0) is 10.5 Å². The molecule has 148 valence electrons. The molecule has 0 radical (unpaired) electrons. The Bertz CT molecular complexity index is 1110. The number of H-pyrrole nitrogens is 1. The second-order valence-electron chi connectivity index (χ2n) is 6.59. The number of ether oxygens (including phenoxy) is 1. The van der Waals surface area contributed by atoms with E-state index < -0.39 is 0 Å². The van der Waals surface area contributed by atoms with E-state index in [0.717, 1.165) is 11.1 Å². The molecule has 1 amide bonds. The monoisotopic (exact) mass is 427 g/mol. The van der Waals surface area contributed by atoms with Crippen LogP contribution in [0.3, 0.4) is 0 Å². The molecule has 1 atom stereocenters. The Kier molecular flexibility index (Phi) is 5.60. The number of rotatable bonds is 5. The van der Waals surface area contributed by atoms with Crippen LogP contribution >= 0.6 is 23.4 Å². The first-order valence-corrected chi connectivity index (χ1v) is 10.4. The predicted octanol–water partition coefficient (Wildman–Crippen LogP) is 4.20. The molecule has 8 heteroatoms. The Balaban J connectivity index is 1.64. The number of hydrogen-bond donors (Lipinski definition) is 2. The van der Waals surface area contributed by atoms with Gasteiger partial charge in [-0.2, -0.15) is 0 Å². The second-order valence-corrected chi connectivity index (χ2v) is 7.96. The molecular formula is C21H18ClN3O3S. The van der Waals surface area contributed by atoms with Crippen molar-refractivity contribution in [2.24, 2.45) is 0 Å². The van der Waals surface area contributed by atoms with E-state index in [0.29, 0.717) is 33.1 Å². The topological polar surface area (TPSA) is 84.1 Å². The SMILES string of the molecule is COc1ccc(C2CC(=O)Nc3nc(SCc4ccccc4Cl)[nH]c(=O)c32)cc1. The van der Waals surface area contributed by atoms with Crippen LogP contribution in [0.4, 0.5) is 5.82 Å². The molecule has 0 spiro atoms. The summed E-state index contributed by atoms with van der Waals surface area (Å²) in [5.41, 5.74) is 2.03. The Morgan fingerprint density at radius 1 is 1.17 bits per heavy atom. The van der Waals surface area contributed by atoms with Crippen LogP contribution in [0.1, 0.15) is 29.0 Å². The number of benzene rings is 2. The number of aromatic amines is 1. The summed E-state index contributed by atoms with van der Waals surface area (Å²) < 4.78 is 5.19. The van der Waals surface area contributed by atoms with E-state index in [2.05, 4.69) is 15.3 Å². The zero-order chi connectivity index (χ0) is 20.4. The number of halogens is 1. The van der Waals surface area contributed by atoms with Gasteiger partial charge in [0.15, 0.2) is 5.16 Å². The number of methoxy groups -OCH3 is 1. The van der Waals surface area contributed by atoms with Gasteiger partial charge >= 0.3 is 0 Å². The van der Waals surface area contributed by atoms with Gasteiger partial charge in [-0.15, -0.1) is 0 Å². The van der Waals surface area contributed by atoms with E-state index in [4.69, 9.17) is 16.3 Å². The third-order valence-corrected chi connectivity index (χ3v) is 6.06. The predicted molar refractivity (Wildman–Crippen MR) is 114 cm³/mol. The molecule has 6 nitrogen and oxygen atoms in total. The maximum Gasteiger partial charge on any atom is 0.257 e. The first-order chi connectivity index (χ1) is 14.0. The lowest BCUT2D eigenvalue weighted by atomic mass is 9.87. The highest BCUT2D eigenvalue weighted by Gasteiger charge is 2.31. The quantitative estimate of drug-likeness (QED) is 0.471. The number of nitrogens with zero attached hydrogens (tertiary/aromatic N) is 1. The zero-order valence-corrected chi connectivity index (χ0v) is 17.1. The summed E-state index contributed by atoms with van der Waals surface area (Å²) in [5.74, 6) is 1.05. The van der Waals surface area contributed by atoms with E-state index in [1.165, 1.54) is 11.8 Å². The number of carbonyl (C=O) groups is 1. The first kappa shape index (κ1) is 19.5. The molecule has 1 aromatic heterocycles. The third-order valence-electron chi connectivity index (χ3n) is 4.77. The average Bonchev–Trinajstić information content (AvgIpc) is 2.72.